The van der Waals surface area contributed by atoms with Crippen LogP contribution < -0.4 is 15.1 Å². The molecule has 1 saturated heterocycles. The fraction of sp³-hybridized carbons (Fsp3) is 0.556. The van der Waals surface area contributed by atoms with Crippen molar-refractivity contribution in [3.05, 3.63) is 29.8 Å². The number of carbonyl (C=O) groups excluding carboxylic acids is 2. The number of hydrogen-bond donors (Lipinski definition) is 2. The highest BCUT2D eigenvalue weighted by Gasteiger charge is 2.28. The van der Waals surface area contributed by atoms with E-state index in [0.717, 1.165) is 37.2 Å². The molecule has 1 heterocycles. The third kappa shape index (κ3) is 5.23. The number of rotatable bonds is 6. The van der Waals surface area contributed by atoms with Crippen LogP contribution in [0.1, 0.15) is 18.4 Å². The molecule has 0 unspecified atom stereocenters. The lowest BCUT2D eigenvalue weighted by molar-refractivity contribution is -0.897. The van der Waals surface area contributed by atoms with Gasteiger partial charge in [0.05, 0.1) is 26.1 Å². The van der Waals surface area contributed by atoms with Crippen LogP contribution in [0.5, 0.6) is 0 Å². The number of likely N-dealkylation sites (tertiary alicyclic amines) is 1. The third-order valence-corrected chi connectivity index (χ3v) is 4.58. The van der Waals surface area contributed by atoms with E-state index in [0.29, 0.717) is 13.1 Å². The summed E-state index contributed by atoms with van der Waals surface area (Å²) in [7, 11) is 5.44. The molecule has 0 atom stereocenters. The molecule has 0 aromatic heterocycles. The van der Waals surface area contributed by atoms with Crippen molar-refractivity contribution in [1.82, 2.24) is 5.32 Å². The van der Waals surface area contributed by atoms with Gasteiger partial charge in [-0.2, -0.15) is 0 Å². The number of ether oxygens (including phenoxy) is 1. The summed E-state index contributed by atoms with van der Waals surface area (Å²) in [5.41, 5.74) is 2.23. The fourth-order valence-corrected chi connectivity index (χ4v) is 3.01. The number of benzene rings is 1. The van der Waals surface area contributed by atoms with Crippen LogP contribution in [-0.4, -0.2) is 52.7 Å². The number of nitrogens with zero attached hydrogens (tertiary/aromatic N) is 1. The van der Waals surface area contributed by atoms with E-state index < -0.39 is 0 Å². The molecular weight excluding hydrogens is 306 g/mol. The van der Waals surface area contributed by atoms with Crippen LogP contribution in [0.15, 0.2) is 24.3 Å². The zero-order chi connectivity index (χ0) is 17.5. The van der Waals surface area contributed by atoms with E-state index in [9.17, 15) is 9.59 Å². The van der Waals surface area contributed by atoms with Crippen LogP contribution >= 0.6 is 0 Å². The van der Waals surface area contributed by atoms with E-state index in [4.69, 9.17) is 4.74 Å². The Bertz CT molecular complexity index is 549. The molecule has 24 heavy (non-hydrogen) atoms. The molecule has 0 bridgehead atoms. The van der Waals surface area contributed by atoms with Gasteiger partial charge in [-0.3, -0.25) is 9.59 Å². The normalized spacial score (nSPS) is 20.3. The number of hydrogen-bond acceptors (Lipinski definition) is 4. The number of methoxy groups -OCH3 is 1. The zero-order valence-electron chi connectivity index (χ0n) is 14.8. The molecule has 1 aliphatic heterocycles. The van der Waals surface area contributed by atoms with Crippen molar-refractivity contribution in [2.75, 3.05) is 45.7 Å². The van der Waals surface area contributed by atoms with E-state index >= 15 is 0 Å². The topological polar surface area (TPSA) is 63.1 Å². The van der Waals surface area contributed by atoms with Crippen LogP contribution in [0.2, 0.25) is 0 Å². The molecule has 6 heteroatoms. The SMILES string of the molecule is COC(=O)C1CC[NH+](CC(=O)NCc2ccc(N(C)C)cc2)CC1. The number of carbonyl (C=O) groups is 2. The van der Waals surface area contributed by atoms with E-state index in [1.54, 1.807) is 0 Å². The van der Waals surface area contributed by atoms with Crippen molar-refractivity contribution in [2.45, 2.75) is 19.4 Å². The molecule has 1 amide bonds. The van der Waals surface area contributed by atoms with Gasteiger partial charge in [-0.15, -0.1) is 0 Å². The lowest BCUT2D eigenvalue weighted by Crippen LogP contribution is -3.14. The van der Waals surface area contributed by atoms with Gasteiger partial charge in [-0.25, -0.2) is 0 Å². The predicted octanol–water partition coefficient (Wildman–Crippen LogP) is -0.163. The summed E-state index contributed by atoms with van der Waals surface area (Å²) >= 11 is 0. The van der Waals surface area contributed by atoms with Gasteiger partial charge < -0.3 is 19.9 Å². The van der Waals surface area contributed by atoms with Gasteiger partial charge in [0.1, 0.15) is 0 Å². The van der Waals surface area contributed by atoms with Gasteiger partial charge in [0.25, 0.3) is 5.91 Å². The second-order valence-electron chi connectivity index (χ2n) is 6.56. The van der Waals surface area contributed by atoms with Gasteiger partial charge in [-0.1, -0.05) is 12.1 Å². The quantitative estimate of drug-likeness (QED) is 0.710. The van der Waals surface area contributed by atoms with Crippen molar-refractivity contribution < 1.29 is 19.2 Å². The summed E-state index contributed by atoms with van der Waals surface area (Å²) < 4.78 is 4.79. The van der Waals surface area contributed by atoms with Crippen molar-refractivity contribution in [2.24, 2.45) is 5.92 Å². The first-order chi connectivity index (χ1) is 11.5. The Balaban J connectivity index is 1.71. The van der Waals surface area contributed by atoms with Gasteiger partial charge in [0.2, 0.25) is 0 Å². The highest BCUT2D eigenvalue weighted by molar-refractivity contribution is 5.76. The Labute approximate surface area is 143 Å². The summed E-state index contributed by atoms with van der Waals surface area (Å²) in [6.45, 7) is 2.68. The number of amides is 1. The van der Waals surface area contributed by atoms with Crippen molar-refractivity contribution in [3.8, 4) is 0 Å². The van der Waals surface area contributed by atoms with Gasteiger partial charge >= 0.3 is 5.97 Å². The molecule has 0 aliphatic carbocycles. The van der Waals surface area contributed by atoms with Crippen molar-refractivity contribution >= 4 is 17.6 Å². The molecule has 1 aromatic rings. The number of quaternary nitrogens is 1. The number of anilines is 1. The second kappa shape index (κ2) is 8.68. The summed E-state index contributed by atoms with van der Waals surface area (Å²) in [4.78, 5) is 26.9. The van der Waals surface area contributed by atoms with Crippen LogP contribution in [0.3, 0.4) is 0 Å². The monoisotopic (exact) mass is 334 g/mol. The molecule has 132 valence electrons. The van der Waals surface area contributed by atoms with E-state index in [1.807, 2.05) is 43.3 Å². The number of esters is 1. The summed E-state index contributed by atoms with van der Waals surface area (Å²) in [5, 5.41) is 2.98. The van der Waals surface area contributed by atoms with E-state index in [-0.39, 0.29) is 17.8 Å². The number of nitrogens with one attached hydrogen (secondary N) is 2. The predicted molar refractivity (Wildman–Crippen MR) is 92.9 cm³/mol. The zero-order valence-corrected chi connectivity index (χ0v) is 14.8. The fourth-order valence-electron chi connectivity index (χ4n) is 3.01. The van der Waals surface area contributed by atoms with Crippen LogP contribution in [-0.2, 0) is 20.9 Å². The lowest BCUT2D eigenvalue weighted by atomic mass is 9.97. The summed E-state index contributed by atoms with van der Waals surface area (Å²) in [6, 6.07) is 8.16. The molecule has 0 saturated carbocycles. The first kappa shape index (κ1) is 18.3. The average molecular weight is 334 g/mol. The van der Waals surface area contributed by atoms with E-state index in [2.05, 4.69) is 5.32 Å². The smallest absolute Gasteiger partial charge is 0.309 e. The van der Waals surface area contributed by atoms with Gasteiger partial charge in [0, 0.05) is 39.2 Å². The minimum absolute atomic E-state index is 0.00276. The Morgan fingerprint density at radius 3 is 2.38 bits per heavy atom. The largest absolute Gasteiger partial charge is 0.469 e. The second-order valence-corrected chi connectivity index (χ2v) is 6.56. The Kier molecular flexibility index (Phi) is 6.61. The summed E-state index contributed by atoms with van der Waals surface area (Å²) in [5.74, 6) is -0.0742. The Morgan fingerprint density at radius 1 is 1.21 bits per heavy atom. The molecule has 2 N–H and O–H groups in total. The maximum absolute atomic E-state index is 12.1. The first-order valence-corrected chi connectivity index (χ1v) is 8.44. The molecule has 0 spiro atoms. The van der Waals surface area contributed by atoms with Crippen molar-refractivity contribution in [3.63, 3.8) is 0 Å². The maximum atomic E-state index is 12.1. The molecule has 0 radical (unpaired) electrons. The molecule has 1 aliphatic rings. The average Bonchev–Trinajstić information content (AvgIpc) is 2.60. The van der Waals surface area contributed by atoms with Gasteiger partial charge in [0.15, 0.2) is 6.54 Å². The molecule has 1 fully saturated rings. The molecular formula is C18H28N3O3+. The Hall–Kier alpha value is -2.08. The molecule has 1 aromatic carbocycles. The standard InChI is InChI=1S/C18H27N3O3/c1-20(2)16-6-4-14(5-7-16)12-19-17(22)13-21-10-8-15(9-11-21)18(23)24-3/h4-7,15H,8-13H2,1-3H3,(H,19,22)/p+1. The van der Waals surface area contributed by atoms with Crippen LogP contribution in [0.25, 0.3) is 0 Å². The first-order valence-electron chi connectivity index (χ1n) is 8.44. The highest BCUT2D eigenvalue weighted by Crippen LogP contribution is 2.12. The minimum atomic E-state index is -0.125. The Morgan fingerprint density at radius 2 is 1.83 bits per heavy atom. The maximum Gasteiger partial charge on any atom is 0.309 e. The minimum Gasteiger partial charge on any atom is -0.469 e. The molecule has 6 nitrogen and oxygen atoms in total. The third-order valence-electron chi connectivity index (χ3n) is 4.58. The lowest BCUT2D eigenvalue weighted by Gasteiger charge is -2.27. The highest BCUT2D eigenvalue weighted by atomic mass is 16.5. The van der Waals surface area contributed by atoms with Crippen molar-refractivity contribution in [1.29, 1.82) is 0 Å². The summed E-state index contributed by atoms with van der Waals surface area (Å²) in [6.07, 6.45) is 1.59. The molecule has 2 rings (SSSR count). The van der Waals surface area contributed by atoms with Crippen LogP contribution in [0.4, 0.5) is 5.69 Å². The number of piperidine rings is 1. The van der Waals surface area contributed by atoms with E-state index in [1.165, 1.54) is 12.0 Å². The van der Waals surface area contributed by atoms with Crippen LogP contribution in [0, 0.1) is 5.92 Å². The van der Waals surface area contributed by atoms with Gasteiger partial charge in [-0.05, 0) is 17.7 Å².